The van der Waals surface area contributed by atoms with Crippen LogP contribution in [0.15, 0.2) is 34.8 Å². The molecule has 1 fully saturated rings. The zero-order valence-corrected chi connectivity index (χ0v) is 19.2. The van der Waals surface area contributed by atoms with Crippen molar-refractivity contribution in [3.63, 3.8) is 0 Å². The molecule has 0 atom stereocenters. The van der Waals surface area contributed by atoms with Crippen molar-refractivity contribution in [2.45, 2.75) is 56.6 Å². The van der Waals surface area contributed by atoms with Crippen LogP contribution in [0.5, 0.6) is 0 Å². The van der Waals surface area contributed by atoms with E-state index in [1.807, 2.05) is 29.6 Å². The van der Waals surface area contributed by atoms with E-state index in [9.17, 15) is 4.79 Å². The fourth-order valence-corrected chi connectivity index (χ4v) is 5.41. The van der Waals surface area contributed by atoms with Crippen LogP contribution in [0.25, 0.3) is 11.3 Å². The van der Waals surface area contributed by atoms with E-state index in [1.54, 1.807) is 0 Å². The van der Waals surface area contributed by atoms with Crippen molar-refractivity contribution in [3.05, 3.63) is 40.5 Å². The minimum Gasteiger partial charge on any atom is -0.306 e. The van der Waals surface area contributed by atoms with Crippen molar-refractivity contribution >= 4 is 45.7 Å². The molecule has 158 valence electrons. The molecule has 0 bridgehead atoms. The first kappa shape index (κ1) is 21.3. The summed E-state index contributed by atoms with van der Waals surface area (Å²) in [5.41, 5.74) is 1.79. The second kappa shape index (κ2) is 9.94. The van der Waals surface area contributed by atoms with Gasteiger partial charge in [-0.15, -0.1) is 21.5 Å². The van der Waals surface area contributed by atoms with E-state index in [0.717, 1.165) is 28.8 Å². The Kier molecular flexibility index (Phi) is 7.07. The molecular formula is C21H24ClN5OS2. The van der Waals surface area contributed by atoms with Crippen LogP contribution in [0.3, 0.4) is 0 Å². The monoisotopic (exact) mass is 461 g/mol. The minimum atomic E-state index is -0.0955. The first-order chi connectivity index (χ1) is 14.6. The molecule has 30 heavy (non-hydrogen) atoms. The maximum absolute atomic E-state index is 12.4. The molecule has 1 amide bonds. The fourth-order valence-electron chi connectivity index (χ4n) is 3.74. The van der Waals surface area contributed by atoms with Crippen LogP contribution in [0.2, 0.25) is 5.02 Å². The number of amides is 1. The number of anilines is 1. The number of aromatic nitrogens is 4. The number of nitrogens with zero attached hydrogens (tertiary/aromatic N) is 4. The van der Waals surface area contributed by atoms with Crippen molar-refractivity contribution in [3.8, 4) is 11.3 Å². The standard InChI is InChI=1S/C21H24ClN5OS2/c1-2-27-19(15-6-4-3-5-7-15)25-26-21(27)30-13-18(28)24-20-23-17(12-29-20)14-8-10-16(22)11-9-14/h8-12,15H,2-7,13H2,1H3,(H,23,24,28). The molecule has 9 heteroatoms. The minimum absolute atomic E-state index is 0.0955. The van der Waals surface area contributed by atoms with Gasteiger partial charge in [-0.25, -0.2) is 4.98 Å². The molecule has 2 heterocycles. The van der Waals surface area contributed by atoms with Gasteiger partial charge in [-0.1, -0.05) is 54.8 Å². The number of nitrogens with one attached hydrogen (secondary N) is 1. The molecule has 1 aliphatic rings. The molecule has 3 aromatic rings. The topological polar surface area (TPSA) is 72.7 Å². The van der Waals surface area contributed by atoms with E-state index >= 15 is 0 Å². The normalized spacial score (nSPS) is 14.7. The molecule has 0 saturated heterocycles. The van der Waals surface area contributed by atoms with Crippen molar-refractivity contribution in [1.29, 1.82) is 0 Å². The van der Waals surface area contributed by atoms with Gasteiger partial charge in [-0.2, -0.15) is 0 Å². The van der Waals surface area contributed by atoms with Gasteiger partial charge in [0.05, 0.1) is 11.4 Å². The fraction of sp³-hybridized carbons (Fsp3) is 0.429. The number of halogens is 1. The Morgan fingerprint density at radius 2 is 2.00 bits per heavy atom. The van der Waals surface area contributed by atoms with Crippen molar-refractivity contribution < 1.29 is 4.79 Å². The van der Waals surface area contributed by atoms with E-state index in [2.05, 4.69) is 32.0 Å². The van der Waals surface area contributed by atoms with Crippen LogP contribution in [0, 0.1) is 0 Å². The van der Waals surface area contributed by atoms with E-state index in [-0.39, 0.29) is 11.7 Å². The largest absolute Gasteiger partial charge is 0.306 e. The van der Waals surface area contributed by atoms with Gasteiger partial charge in [0, 0.05) is 28.4 Å². The number of thiazole rings is 1. The summed E-state index contributed by atoms with van der Waals surface area (Å²) in [5, 5.41) is 15.7. The summed E-state index contributed by atoms with van der Waals surface area (Å²) in [5.74, 6) is 1.75. The summed E-state index contributed by atoms with van der Waals surface area (Å²) in [6.45, 7) is 2.92. The third kappa shape index (κ3) is 5.04. The van der Waals surface area contributed by atoms with Gasteiger partial charge < -0.3 is 9.88 Å². The molecule has 6 nitrogen and oxygen atoms in total. The van der Waals surface area contributed by atoms with Crippen LogP contribution in [-0.4, -0.2) is 31.4 Å². The molecule has 0 aliphatic heterocycles. The second-order valence-electron chi connectivity index (χ2n) is 7.30. The number of rotatable bonds is 7. The zero-order chi connectivity index (χ0) is 20.9. The van der Waals surface area contributed by atoms with Crippen LogP contribution >= 0.6 is 34.7 Å². The number of thioether (sulfide) groups is 1. The van der Waals surface area contributed by atoms with E-state index in [4.69, 9.17) is 11.6 Å². The summed E-state index contributed by atoms with van der Waals surface area (Å²) in [6, 6.07) is 7.49. The number of benzene rings is 1. The highest BCUT2D eigenvalue weighted by Crippen LogP contribution is 2.33. The summed E-state index contributed by atoms with van der Waals surface area (Å²) >= 11 is 8.78. The highest BCUT2D eigenvalue weighted by Gasteiger charge is 2.23. The highest BCUT2D eigenvalue weighted by atomic mass is 35.5. The Morgan fingerprint density at radius 1 is 1.23 bits per heavy atom. The number of hydrogen-bond acceptors (Lipinski definition) is 6. The maximum Gasteiger partial charge on any atom is 0.236 e. The molecular weight excluding hydrogens is 438 g/mol. The van der Waals surface area contributed by atoms with Crippen LogP contribution in [-0.2, 0) is 11.3 Å². The lowest BCUT2D eigenvalue weighted by molar-refractivity contribution is -0.113. The molecule has 1 saturated carbocycles. The number of hydrogen-bond donors (Lipinski definition) is 1. The van der Waals surface area contributed by atoms with Gasteiger partial charge in [0.1, 0.15) is 5.82 Å². The lowest BCUT2D eigenvalue weighted by Crippen LogP contribution is -2.15. The Bertz CT molecular complexity index is 995. The van der Waals surface area contributed by atoms with Gasteiger partial charge in [-0.05, 0) is 31.9 Å². The van der Waals surface area contributed by atoms with E-state index in [1.165, 1.54) is 55.2 Å². The highest BCUT2D eigenvalue weighted by molar-refractivity contribution is 7.99. The summed E-state index contributed by atoms with van der Waals surface area (Å²) < 4.78 is 2.16. The molecule has 4 rings (SSSR count). The summed E-state index contributed by atoms with van der Waals surface area (Å²) in [4.78, 5) is 16.9. The van der Waals surface area contributed by atoms with Crippen LogP contribution in [0.4, 0.5) is 5.13 Å². The number of carbonyl (C=O) groups excluding carboxylic acids is 1. The smallest absolute Gasteiger partial charge is 0.236 e. The summed E-state index contributed by atoms with van der Waals surface area (Å²) in [7, 11) is 0. The Morgan fingerprint density at radius 3 is 2.73 bits per heavy atom. The number of carbonyl (C=O) groups is 1. The van der Waals surface area contributed by atoms with Crippen molar-refractivity contribution in [2.75, 3.05) is 11.1 Å². The molecule has 1 aromatic carbocycles. The SMILES string of the molecule is CCn1c(SCC(=O)Nc2nc(-c3ccc(Cl)cc3)cs2)nnc1C1CCCCC1. The first-order valence-corrected chi connectivity index (χ1v) is 12.5. The van der Waals surface area contributed by atoms with Gasteiger partial charge in [0.2, 0.25) is 5.91 Å². The lowest BCUT2D eigenvalue weighted by Gasteiger charge is -2.21. The average molecular weight is 462 g/mol. The Labute approximate surface area is 189 Å². The molecule has 0 spiro atoms. The quantitative estimate of drug-likeness (QED) is 0.446. The predicted molar refractivity (Wildman–Crippen MR) is 123 cm³/mol. The van der Waals surface area contributed by atoms with Crippen molar-refractivity contribution in [1.82, 2.24) is 19.7 Å². The Hall–Kier alpha value is -1.90. The third-order valence-corrected chi connectivity index (χ3v) is 7.23. The Balaban J connectivity index is 1.35. The van der Waals surface area contributed by atoms with E-state index < -0.39 is 0 Å². The molecule has 1 N–H and O–H groups in total. The van der Waals surface area contributed by atoms with Gasteiger partial charge in [0.15, 0.2) is 10.3 Å². The molecule has 1 aliphatic carbocycles. The molecule has 2 aromatic heterocycles. The second-order valence-corrected chi connectivity index (χ2v) is 9.54. The maximum atomic E-state index is 12.4. The van der Waals surface area contributed by atoms with Crippen LogP contribution in [0.1, 0.15) is 50.8 Å². The molecule has 0 unspecified atom stereocenters. The third-order valence-electron chi connectivity index (χ3n) is 5.25. The summed E-state index contributed by atoms with van der Waals surface area (Å²) in [6.07, 6.45) is 6.21. The first-order valence-electron chi connectivity index (χ1n) is 10.2. The van der Waals surface area contributed by atoms with Gasteiger partial charge >= 0.3 is 0 Å². The van der Waals surface area contributed by atoms with Crippen molar-refractivity contribution in [2.24, 2.45) is 0 Å². The lowest BCUT2D eigenvalue weighted by atomic mass is 9.89. The predicted octanol–water partition coefficient (Wildman–Crippen LogP) is 5.85. The van der Waals surface area contributed by atoms with Crippen LogP contribution < -0.4 is 5.32 Å². The molecule has 0 radical (unpaired) electrons. The zero-order valence-electron chi connectivity index (χ0n) is 16.8. The average Bonchev–Trinajstić information content (AvgIpc) is 3.40. The van der Waals surface area contributed by atoms with E-state index in [0.29, 0.717) is 16.1 Å². The van der Waals surface area contributed by atoms with Gasteiger partial charge in [-0.3, -0.25) is 4.79 Å². The van der Waals surface area contributed by atoms with Gasteiger partial charge in [0.25, 0.3) is 0 Å².